The number of carbonyl (C=O) groups is 1. The van der Waals surface area contributed by atoms with Crippen LogP contribution in [0.2, 0.25) is 0 Å². The van der Waals surface area contributed by atoms with Gasteiger partial charge in [0.2, 0.25) is 0 Å². The molecule has 0 saturated heterocycles. The largest absolute Gasteiger partial charge is 0.398 e. The van der Waals surface area contributed by atoms with E-state index in [9.17, 15) is 4.79 Å². The first-order valence-electron chi connectivity index (χ1n) is 7.58. The molecule has 126 valence electrons. The molecule has 0 bridgehead atoms. The highest BCUT2D eigenvalue weighted by Gasteiger charge is 2.16. The van der Waals surface area contributed by atoms with Crippen LogP contribution >= 0.6 is 0 Å². The van der Waals surface area contributed by atoms with Crippen LogP contribution in [0.4, 0.5) is 11.4 Å². The lowest BCUT2D eigenvalue weighted by atomic mass is 10.0. The van der Waals surface area contributed by atoms with Gasteiger partial charge in [0.1, 0.15) is 11.8 Å². The minimum absolute atomic E-state index is 0.220. The molecule has 1 aromatic carbocycles. The van der Waals surface area contributed by atoms with Crippen molar-refractivity contribution in [3.63, 3.8) is 0 Å². The Morgan fingerprint density at radius 2 is 2.04 bits per heavy atom. The summed E-state index contributed by atoms with van der Waals surface area (Å²) in [6.07, 6.45) is 1.39. The number of rotatable bonds is 4. The van der Waals surface area contributed by atoms with Crippen molar-refractivity contribution in [3.8, 4) is 6.07 Å². The molecule has 1 heterocycles. The molecule has 0 radical (unpaired) electrons. The Kier molecular flexibility index (Phi) is 4.99. The lowest BCUT2D eigenvalue weighted by Crippen LogP contribution is -2.17. The normalized spacial score (nSPS) is 10.0. The molecule has 0 aliphatic carbocycles. The Hall–Kier alpha value is -3.46. The monoisotopic (exact) mass is 333 g/mol. The second kappa shape index (κ2) is 6.97. The highest BCUT2D eigenvalue weighted by atomic mass is 16.1. The molecule has 0 aliphatic rings. The summed E-state index contributed by atoms with van der Waals surface area (Å²) >= 11 is 0. The first-order valence-corrected chi connectivity index (χ1v) is 7.58. The van der Waals surface area contributed by atoms with Gasteiger partial charge in [-0.2, -0.15) is 5.26 Å². The van der Waals surface area contributed by atoms with E-state index in [4.69, 9.17) is 16.4 Å². The highest BCUT2D eigenvalue weighted by molar-refractivity contribution is 6.14. The summed E-state index contributed by atoms with van der Waals surface area (Å²) in [6.45, 7) is 9.00. The molecule has 0 fully saturated rings. The molecule has 2 rings (SSSR count). The predicted molar refractivity (Wildman–Crippen MR) is 98.9 cm³/mol. The van der Waals surface area contributed by atoms with Crippen LogP contribution in [-0.2, 0) is 0 Å². The molecule has 2 aromatic rings. The number of nitrogens with zero attached hydrogens (tertiary/aromatic N) is 2. The standard InChI is InChI=1S/C19H19N5O/c1-10(2)17(22)15-7-14(5-6-16(15)21)24-19(25)18-12(4)11(3)13(8-20)9-23-18/h5-7,9,22H,1,21H2,2-4H3,(H,24,25). The quantitative estimate of drug-likeness (QED) is 0.587. The number of allylic oxidation sites excluding steroid dienone is 1. The van der Waals surface area contributed by atoms with Gasteiger partial charge < -0.3 is 11.1 Å². The molecule has 0 saturated carbocycles. The van der Waals surface area contributed by atoms with Crippen molar-refractivity contribution in [2.24, 2.45) is 0 Å². The Morgan fingerprint density at radius 3 is 2.64 bits per heavy atom. The van der Waals surface area contributed by atoms with Crippen LogP contribution in [-0.4, -0.2) is 16.6 Å². The zero-order chi connectivity index (χ0) is 18.7. The molecule has 4 N–H and O–H groups in total. The molecular formula is C19H19N5O. The number of nitrogens with one attached hydrogen (secondary N) is 2. The van der Waals surface area contributed by atoms with Gasteiger partial charge in [0.25, 0.3) is 5.91 Å². The molecule has 1 aromatic heterocycles. The SMILES string of the molecule is C=C(C)C(=N)c1cc(NC(=O)c2ncc(C#N)c(C)c2C)ccc1N. The second-order valence-electron chi connectivity index (χ2n) is 5.79. The Bertz CT molecular complexity index is 938. The van der Waals surface area contributed by atoms with E-state index in [1.165, 1.54) is 6.20 Å². The van der Waals surface area contributed by atoms with Crippen molar-refractivity contribution in [3.05, 3.63) is 64.5 Å². The number of nitriles is 1. The summed E-state index contributed by atoms with van der Waals surface area (Å²) in [6, 6.07) is 6.98. The van der Waals surface area contributed by atoms with E-state index in [-0.39, 0.29) is 17.3 Å². The number of benzene rings is 1. The van der Waals surface area contributed by atoms with Crippen molar-refractivity contribution in [1.82, 2.24) is 4.98 Å². The first kappa shape index (κ1) is 17.9. The summed E-state index contributed by atoms with van der Waals surface area (Å²) in [7, 11) is 0. The van der Waals surface area contributed by atoms with E-state index >= 15 is 0 Å². The number of nitrogen functional groups attached to an aromatic ring is 1. The maximum Gasteiger partial charge on any atom is 0.274 e. The summed E-state index contributed by atoms with van der Waals surface area (Å²) < 4.78 is 0. The van der Waals surface area contributed by atoms with Gasteiger partial charge in [-0.3, -0.25) is 10.2 Å². The Morgan fingerprint density at radius 1 is 1.36 bits per heavy atom. The number of nitrogens with two attached hydrogens (primary N) is 1. The number of aromatic nitrogens is 1. The number of anilines is 2. The van der Waals surface area contributed by atoms with Gasteiger partial charge in [0.15, 0.2) is 0 Å². The zero-order valence-corrected chi connectivity index (χ0v) is 14.4. The van der Waals surface area contributed by atoms with E-state index in [1.54, 1.807) is 39.0 Å². The lowest BCUT2D eigenvalue weighted by Gasteiger charge is -2.12. The van der Waals surface area contributed by atoms with E-state index in [0.717, 1.165) is 5.56 Å². The molecule has 6 nitrogen and oxygen atoms in total. The highest BCUT2D eigenvalue weighted by Crippen LogP contribution is 2.22. The fraction of sp³-hybridized carbons (Fsp3) is 0.158. The first-order chi connectivity index (χ1) is 11.8. The second-order valence-corrected chi connectivity index (χ2v) is 5.79. The maximum atomic E-state index is 12.5. The van der Waals surface area contributed by atoms with E-state index in [2.05, 4.69) is 16.9 Å². The molecular weight excluding hydrogens is 314 g/mol. The van der Waals surface area contributed by atoms with Crippen molar-refractivity contribution < 1.29 is 4.79 Å². The minimum Gasteiger partial charge on any atom is -0.398 e. The summed E-state index contributed by atoms with van der Waals surface area (Å²) in [5.41, 5.74) is 10.2. The summed E-state index contributed by atoms with van der Waals surface area (Å²) in [4.78, 5) is 16.6. The molecule has 25 heavy (non-hydrogen) atoms. The Labute approximate surface area is 146 Å². The van der Waals surface area contributed by atoms with E-state index in [1.807, 2.05) is 6.07 Å². The third kappa shape index (κ3) is 3.56. The summed E-state index contributed by atoms with van der Waals surface area (Å²) in [5, 5.41) is 19.8. The number of carbonyl (C=O) groups excluding carboxylic acids is 1. The number of hydrogen-bond acceptors (Lipinski definition) is 5. The molecule has 0 spiro atoms. The van der Waals surface area contributed by atoms with Gasteiger partial charge in [-0.25, -0.2) is 4.98 Å². The van der Waals surface area contributed by atoms with Crippen LogP contribution in [0.25, 0.3) is 0 Å². The van der Waals surface area contributed by atoms with Crippen molar-refractivity contribution in [2.75, 3.05) is 11.1 Å². The van der Waals surface area contributed by atoms with Crippen LogP contribution in [0.5, 0.6) is 0 Å². The van der Waals surface area contributed by atoms with Crippen molar-refractivity contribution in [1.29, 1.82) is 10.7 Å². The van der Waals surface area contributed by atoms with Gasteiger partial charge in [-0.15, -0.1) is 0 Å². The van der Waals surface area contributed by atoms with Crippen LogP contribution in [0, 0.1) is 30.6 Å². The zero-order valence-electron chi connectivity index (χ0n) is 14.4. The average Bonchev–Trinajstić information content (AvgIpc) is 2.58. The van der Waals surface area contributed by atoms with E-state index in [0.29, 0.717) is 33.6 Å². The number of pyridine rings is 1. The lowest BCUT2D eigenvalue weighted by molar-refractivity contribution is 0.102. The number of amides is 1. The van der Waals surface area contributed by atoms with Crippen LogP contribution in [0.15, 0.2) is 36.5 Å². The molecule has 0 aliphatic heterocycles. The van der Waals surface area contributed by atoms with Gasteiger partial charge >= 0.3 is 0 Å². The topological polar surface area (TPSA) is 116 Å². The van der Waals surface area contributed by atoms with Crippen molar-refractivity contribution in [2.45, 2.75) is 20.8 Å². The Balaban J connectivity index is 2.35. The fourth-order valence-corrected chi connectivity index (χ4v) is 2.31. The summed E-state index contributed by atoms with van der Waals surface area (Å²) in [5.74, 6) is -0.386. The van der Waals surface area contributed by atoms with Crippen LogP contribution < -0.4 is 11.1 Å². The third-order valence-corrected chi connectivity index (χ3v) is 3.99. The molecule has 6 heteroatoms. The maximum absolute atomic E-state index is 12.5. The van der Waals surface area contributed by atoms with Gasteiger partial charge in [0.05, 0.1) is 11.3 Å². The minimum atomic E-state index is -0.386. The number of hydrogen-bond donors (Lipinski definition) is 3. The average molecular weight is 333 g/mol. The van der Waals surface area contributed by atoms with Gasteiger partial charge in [0, 0.05) is 23.1 Å². The van der Waals surface area contributed by atoms with E-state index < -0.39 is 0 Å². The van der Waals surface area contributed by atoms with Gasteiger partial charge in [-0.1, -0.05) is 6.58 Å². The third-order valence-electron chi connectivity index (χ3n) is 3.99. The molecule has 0 unspecified atom stereocenters. The smallest absolute Gasteiger partial charge is 0.274 e. The fourth-order valence-electron chi connectivity index (χ4n) is 2.31. The van der Waals surface area contributed by atoms with Crippen molar-refractivity contribution >= 4 is 23.0 Å². The van der Waals surface area contributed by atoms with Crippen LogP contribution in [0.1, 0.15) is 39.7 Å². The van der Waals surface area contributed by atoms with Gasteiger partial charge in [-0.05, 0) is 55.7 Å². The predicted octanol–water partition coefficient (Wildman–Crippen LogP) is 3.35. The molecule has 0 atom stereocenters. The van der Waals surface area contributed by atoms with Crippen LogP contribution in [0.3, 0.4) is 0 Å². The molecule has 1 amide bonds.